The Morgan fingerprint density at radius 2 is 2.04 bits per heavy atom. The molecule has 1 fully saturated rings. The molecule has 0 bridgehead atoms. The molecule has 1 aliphatic heterocycles. The molecule has 1 saturated heterocycles. The van der Waals surface area contributed by atoms with Crippen LogP contribution in [0.2, 0.25) is 0 Å². The second-order valence-electron chi connectivity index (χ2n) is 6.79. The summed E-state index contributed by atoms with van der Waals surface area (Å²) in [6.45, 7) is 4.00. The Morgan fingerprint density at radius 3 is 2.65 bits per heavy atom. The van der Waals surface area contributed by atoms with Gasteiger partial charge in [-0.2, -0.15) is 5.10 Å². The molecule has 6 nitrogen and oxygen atoms in total. The van der Waals surface area contributed by atoms with Gasteiger partial charge < -0.3 is 4.90 Å². The predicted molar refractivity (Wildman–Crippen MR) is 96.2 cm³/mol. The van der Waals surface area contributed by atoms with Crippen molar-refractivity contribution in [2.45, 2.75) is 32.9 Å². The first-order chi connectivity index (χ1) is 12.2. The van der Waals surface area contributed by atoms with Gasteiger partial charge in [0, 0.05) is 24.8 Å². The van der Waals surface area contributed by atoms with Gasteiger partial charge >= 0.3 is 0 Å². The van der Waals surface area contributed by atoms with Crippen LogP contribution in [0.3, 0.4) is 0 Å². The third-order valence-corrected chi connectivity index (χ3v) is 6.63. The third kappa shape index (κ3) is 3.51. The van der Waals surface area contributed by atoms with Crippen LogP contribution < -0.4 is 0 Å². The average Bonchev–Trinajstić information content (AvgIpc) is 3.08. The van der Waals surface area contributed by atoms with Gasteiger partial charge in [0.25, 0.3) is 5.91 Å². The van der Waals surface area contributed by atoms with Gasteiger partial charge in [-0.3, -0.25) is 9.48 Å². The maximum absolute atomic E-state index is 13.9. The SMILES string of the molecule is Cc1nn(C2CCS(=O)(=O)C2)c(C)c1CN(C)C(=O)c1ccccc1F. The molecule has 2 heterocycles. The number of aromatic nitrogens is 2. The lowest BCUT2D eigenvalue weighted by Crippen LogP contribution is -2.27. The average molecular weight is 379 g/mol. The van der Waals surface area contributed by atoms with Crippen molar-refractivity contribution in [3.8, 4) is 0 Å². The van der Waals surface area contributed by atoms with Crippen molar-refractivity contribution in [1.29, 1.82) is 0 Å². The lowest BCUT2D eigenvalue weighted by atomic mass is 10.1. The van der Waals surface area contributed by atoms with E-state index in [4.69, 9.17) is 0 Å². The largest absolute Gasteiger partial charge is 0.337 e. The summed E-state index contributed by atoms with van der Waals surface area (Å²) in [5, 5.41) is 4.50. The Bertz CT molecular complexity index is 953. The molecule has 1 aliphatic rings. The summed E-state index contributed by atoms with van der Waals surface area (Å²) in [5.41, 5.74) is 2.49. The van der Waals surface area contributed by atoms with E-state index < -0.39 is 21.6 Å². The number of amides is 1. The molecule has 1 aromatic carbocycles. The highest BCUT2D eigenvalue weighted by Gasteiger charge is 2.31. The molecule has 0 aliphatic carbocycles. The monoisotopic (exact) mass is 379 g/mol. The van der Waals surface area contributed by atoms with Gasteiger partial charge in [0.05, 0.1) is 28.8 Å². The molecule has 140 valence electrons. The Hall–Kier alpha value is -2.22. The Morgan fingerprint density at radius 1 is 1.35 bits per heavy atom. The van der Waals surface area contributed by atoms with E-state index in [0.29, 0.717) is 6.42 Å². The first kappa shape index (κ1) is 18.6. The van der Waals surface area contributed by atoms with Crippen LogP contribution in [0.1, 0.15) is 39.8 Å². The Balaban J connectivity index is 1.82. The summed E-state index contributed by atoms with van der Waals surface area (Å²) in [7, 11) is -1.39. The van der Waals surface area contributed by atoms with Crippen LogP contribution >= 0.6 is 0 Å². The van der Waals surface area contributed by atoms with Crippen molar-refractivity contribution in [3.05, 3.63) is 52.6 Å². The summed E-state index contributed by atoms with van der Waals surface area (Å²) in [6.07, 6.45) is 0.549. The van der Waals surface area contributed by atoms with Crippen LogP contribution in [0, 0.1) is 19.7 Å². The van der Waals surface area contributed by atoms with E-state index in [1.54, 1.807) is 23.9 Å². The molecule has 1 aromatic heterocycles. The molecule has 1 amide bonds. The molecule has 1 atom stereocenters. The molecule has 2 aromatic rings. The predicted octanol–water partition coefficient (Wildman–Crippen LogP) is 2.27. The van der Waals surface area contributed by atoms with Crippen LogP contribution in [-0.4, -0.2) is 47.6 Å². The standard InChI is InChI=1S/C18H22FN3O3S/c1-12-16(10-21(3)18(23)15-6-4-5-7-17(15)19)13(2)22(20-12)14-8-9-26(24,25)11-14/h4-7,14H,8-11H2,1-3H3. The topological polar surface area (TPSA) is 72.3 Å². The molecule has 0 saturated carbocycles. The maximum Gasteiger partial charge on any atom is 0.256 e. The number of carbonyl (C=O) groups excluding carboxylic acids is 1. The Labute approximate surface area is 152 Å². The van der Waals surface area contributed by atoms with Crippen molar-refractivity contribution >= 4 is 15.7 Å². The van der Waals surface area contributed by atoms with Crippen LogP contribution in [0.4, 0.5) is 4.39 Å². The van der Waals surface area contributed by atoms with Gasteiger partial charge in [-0.25, -0.2) is 12.8 Å². The van der Waals surface area contributed by atoms with E-state index in [1.165, 1.54) is 17.0 Å². The van der Waals surface area contributed by atoms with Crippen LogP contribution in [-0.2, 0) is 16.4 Å². The lowest BCUT2D eigenvalue weighted by molar-refractivity contribution is 0.0780. The zero-order chi connectivity index (χ0) is 19.1. The fraction of sp³-hybridized carbons (Fsp3) is 0.444. The summed E-state index contributed by atoms with van der Waals surface area (Å²) < 4.78 is 39.1. The summed E-state index contributed by atoms with van der Waals surface area (Å²) in [5.74, 6) is -0.683. The molecular weight excluding hydrogens is 357 g/mol. The number of hydrogen-bond donors (Lipinski definition) is 0. The minimum absolute atomic E-state index is 0.0274. The van der Waals surface area contributed by atoms with Crippen molar-refractivity contribution < 1.29 is 17.6 Å². The summed E-state index contributed by atoms with van der Waals surface area (Å²) in [6, 6.07) is 5.72. The minimum Gasteiger partial charge on any atom is -0.337 e. The van der Waals surface area contributed by atoms with Gasteiger partial charge in [0.2, 0.25) is 0 Å². The van der Waals surface area contributed by atoms with Gasteiger partial charge in [-0.05, 0) is 32.4 Å². The third-order valence-electron chi connectivity index (χ3n) is 4.88. The van der Waals surface area contributed by atoms with E-state index >= 15 is 0 Å². The highest BCUT2D eigenvalue weighted by Crippen LogP contribution is 2.27. The van der Waals surface area contributed by atoms with Gasteiger partial charge in [-0.15, -0.1) is 0 Å². The van der Waals surface area contributed by atoms with Gasteiger partial charge in [0.1, 0.15) is 5.82 Å². The maximum atomic E-state index is 13.9. The molecule has 3 rings (SSSR count). The normalized spacial score (nSPS) is 18.8. The van der Waals surface area contributed by atoms with Crippen LogP contribution in [0.5, 0.6) is 0 Å². The number of carbonyl (C=O) groups is 1. The van der Waals surface area contributed by atoms with E-state index in [-0.39, 0.29) is 29.7 Å². The van der Waals surface area contributed by atoms with Gasteiger partial charge in [0.15, 0.2) is 9.84 Å². The number of hydrogen-bond acceptors (Lipinski definition) is 4. The van der Waals surface area contributed by atoms with Crippen molar-refractivity contribution in [1.82, 2.24) is 14.7 Å². The van der Waals surface area contributed by atoms with E-state index in [1.807, 2.05) is 13.8 Å². The smallest absolute Gasteiger partial charge is 0.256 e. The number of aryl methyl sites for hydroxylation is 1. The number of rotatable bonds is 4. The van der Waals surface area contributed by atoms with Crippen molar-refractivity contribution in [2.75, 3.05) is 18.6 Å². The second kappa shape index (κ2) is 6.83. The number of benzene rings is 1. The molecule has 26 heavy (non-hydrogen) atoms. The Kier molecular flexibility index (Phi) is 4.88. The fourth-order valence-electron chi connectivity index (χ4n) is 3.40. The van der Waals surface area contributed by atoms with E-state index in [9.17, 15) is 17.6 Å². The second-order valence-corrected chi connectivity index (χ2v) is 9.02. The number of sulfone groups is 1. The summed E-state index contributed by atoms with van der Waals surface area (Å²) >= 11 is 0. The lowest BCUT2D eigenvalue weighted by Gasteiger charge is -2.18. The minimum atomic E-state index is -3.01. The van der Waals surface area contributed by atoms with Gasteiger partial charge in [-0.1, -0.05) is 12.1 Å². The number of nitrogens with zero attached hydrogens (tertiary/aromatic N) is 3. The van der Waals surface area contributed by atoms with Crippen molar-refractivity contribution in [2.24, 2.45) is 0 Å². The first-order valence-corrected chi connectivity index (χ1v) is 10.3. The highest BCUT2D eigenvalue weighted by atomic mass is 32.2. The van der Waals surface area contributed by atoms with E-state index in [2.05, 4.69) is 5.10 Å². The fourth-order valence-corrected chi connectivity index (χ4v) is 5.09. The van der Waals surface area contributed by atoms with E-state index in [0.717, 1.165) is 17.0 Å². The molecule has 1 unspecified atom stereocenters. The molecule has 0 radical (unpaired) electrons. The molecule has 8 heteroatoms. The zero-order valence-corrected chi connectivity index (χ0v) is 15.9. The van der Waals surface area contributed by atoms with Crippen LogP contribution in [0.15, 0.2) is 24.3 Å². The molecule has 0 spiro atoms. The highest BCUT2D eigenvalue weighted by molar-refractivity contribution is 7.91. The zero-order valence-electron chi connectivity index (χ0n) is 15.1. The first-order valence-electron chi connectivity index (χ1n) is 8.44. The molecule has 0 N–H and O–H groups in total. The quantitative estimate of drug-likeness (QED) is 0.817. The molecular formula is C18H22FN3O3S. The summed E-state index contributed by atoms with van der Waals surface area (Å²) in [4.78, 5) is 14.0. The van der Waals surface area contributed by atoms with Crippen molar-refractivity contribution in [3.63, 3.8) is 0 Å². The van der Waals surface area contributed by atoms with Crippen LogP contribution in [0.25, 0.3) is 0 Å². The number of halogens is 1.